The molecule has 1 aliphatic rings. The molecule has 2 rings (SSSR count). The summed E-state index contributed by atoms with van der Waals surface area (Å²) in [5.41, 5.74) is 0.922. The van der Waals surface area contributed by atoms with Gasteiger partial charge < -0.3 is 13.8 Å². The van der Waals surface area contributed by atoms with Crippen LogP contribution < -0.4 is 4.18 Å². The lowest BCUT2D eigenvalue weighted by Crippen LogP contribution is -2.36. The second-order valence-electron chi connectivity index (χ2n) is 5.69. The Morgan fingerprint density at radius 3 is 2.57 bits per heavy atom. The van der Waals surface area contributed by atoms with Crippen LogP contribution >= 0.6 is 0 Å². The van der Waals surface area contributed by atoms with Crippen molar-refractivity contribution in [2.75, 3.05) is 19.4 Å². The molecule has 1 amide bonds. The minimum atomic E-state index is -3.53. The van der Waals surface area contributed by atoms with Crippen molar-refractivity contribution in [1.82, 2.24) is 4.90 Å². The van der Waals surface area contributed by atoms with Crippen molar-refractivity contribution in [2.24, 2.45) is 0 Å². The quantitative estimate of drug-likeness (QED) is 0.709. The van der Waals surface area contributed by atoms with E-state index < -0.39 is 10.1 Å². The Hall–Kier alpha value is -1.60. The van der Waals surface area contributed by atoms with Gasteiger partial charge in [0.1, 0.15) is 5.75 Å². The third kappa shape index (κ3) is 5.84. The van der Waals surface area contributed by atoms with Crippen LogP contribution in [0.25, 0.3) is 0 Å². The van der Waals surface area contributed by atoms with Gasteiger partial charge in [0.2, 0.25) is 5.91 Å². The number of nitrogens with zero attached hydrogens (tertiary/aromatic N) is 1. The van der Waals surface area contributed by atoms with Crippen LogP contribution in [0.3, 0.4) is 0 Å². The van der Waals surface area contributed by atoms with Crippen molar-refractivity contribution in [3.8, 4) is 5.75 Å². The minimum Gasteiger partial charge on any atom is -0.383 e. The summed E-state index contributed by atoms with van der Waals surface area (Å²) in [5, 5.41) is 0. The highest BCUT2D eigenvalue weighted by molar-refractivity contribution is 7.86. The van der Waals surface area contributed by atoms with Crippen LogP contribution in [0.5, 0.6) is 5.75 Å². The highest BCUT2D eigenvalue weighted by Crippen LogP contribution is 2.18. The molecule has 128 valence electrons. The summed E-state index contributed by atoms with van der Waals surface area (Å²) in [5.74, 6) is 0.348. The van der Waals surface area contributed by atoms with E-state index in [9.17, 15) is 13.2 Å². The zero-order chi connectivity index (χ0) is 16.9. The first-order valence-corrected chi connectivity index (χ1v) is 9.57. The van der Waals surface area contributed by atoms with Crippen LogP contribution in [0, 0.1) is 0 Å². The number of rotatable bonds is 7. The summed E-state index contributed by atoms with van der Waals surface area (Å²) in [7, 11) is -3.53. The molecule has 1 aromatic rings. The predicted octanol–water partition coefficient (Wildman–Crippen LogP) is 1.94. The van der Waals surface area contributed by atoms with Crippen molar-refractivity contribution in [1.29, 1.82) is 0 Å². The Kier molecular flexibility index (Phi) is 6.01. The van der Waals surface area contributed by atoms with Gasteiger partial charge in [-0.05, 0) is 30.5 Å². The topological polar surface area (TPSA) is 72.9 Å². The molecule has 1 fully saturated rings. The maximum absolute atomic E-state index is 12.1. The summed E-state index contributed by atoms with van der Waals surface area (Å²) in [6, 6.07) is 6.73. The molecule has 0 aliphatic carbocycles. The van der Waals surface area contributed by atoms with E-state index in [0.717, 1.165) is 31.3 Å². The number of amides is 1. The second-order valence-corrected chi connectivity index (χ2v) is 7.27. The summed E-state index contributed by atoms with van der Waals surface area (Å²) >= 11 is 0. The molecule has 1 heterocycles. The lowest BCUT2D eigenvalue weighted by atomic mass is 10.1. The van der Waals surface area contributed by atoms with E-state index >= 15 is 0 Å². The fraction of sp³-hybridized carbons (Fsp3) is 0.562. The highest BCUT2D eigenvalue weighted by atomic mass is 32.2. The van der Waals surface area contributed by atoms with Gasteiger partial charge in [0.25, 0.3) is 0 Å². The van der Waals surface area contributed by atoms with Gasteiger partial charge >= 0.3 is 10.1 Å². The van der Waals surface area contributed by atoms with Crippen LogP contribution in [-0.4, -0.2) is 44.7 Å². The number of carbonyl (C=O) groups excluding carboxylic acids is 1. The molecule has 6 nitrogen and oxygen atoms in total. The van der Waals surface area contributed by atoms with Gasteiger partial charge in [-0.3, -0.25) is 4.79 Å². The van der Waals surface area contributed by atoms with Crippen molar-refractivity contribution >= 4 is 16.0 Å². The van der Waals surface area contributed by atoms with E-state index in [4.69, 9.17) is 8.92 Å². The molecule has 0 aromatic heterocycles. The number of hydrogen-bond donors (Lipinski definition) is 0. The molecule has 0 N–H and O–H groups in total. The lowest BCUT2D eigenvalue weighted by molar-refractivity contribution is -0.133. The highest BCUT2D eigenvalue weighted by Gasteiger charge is 2.22. The first-order chi connectivity index (χ1) is 10.9. The molecule has 7 heteroatoms. The molecule has 1 atom stereocenters. The van der Waals surface area contributed by atoms with Gasteiger partial charge in [-0.2, -0.15) is 8.42 Å². The summed E-state index contributed by atoms with van der Waals surface area (Å²) in [4.78, 5) is 13.9. The van der Waals surface area contributed by atoms with Crippen LogP contribution in [0.2, 0.25) is 0 Å². The molecule has 23 heavy (non-hydrogen) atoms. The van der Waals surface area contributed by atoms with Crippen LogP contribution in [0.4, 0.5) is 0 Å². The maximum atomic E-state index is 12.1. The van der Waals surface area contributed by atoms with Crippen LogP contribution in [-0.2, 0) is 26.2 Å². The van der Waals surface area contributed by atoms with E-state index in [1.165, 1.54) is 0 Å². The molecular weight excluding hydrogens is 318 g/mol. The summed E-state index contributed by atoms with van der Waals surface area (Å²) in [6.45, 7) is 3.67. The van der Waals surface area contributed by atoms with E-state index in [1.807, 2.05) is 6.92 Å². The van der Waals surface area contributed by atoms with Crippen molar-refractivity contribution in [3.63, 3.8) is 0 Å². The Balaban J connectivity index is 2.01. The van der Waals surface area contributed by atoms with Crippen LogP contribution in [0.1, 0.15) is 31.7 Å². The Morgan fingerprint density at radius 1 is 1.35 bits per heavy atom. The largest absolute Gasteiger partial charge is 0.383 e. The second kappa shape index (κ2) is 7.79. The SMILES string of the molecule is CCC(=O)N(Cc1ccc(OS(C)(=O)=O)cc1)CC1CCCO1. The fourth-order valence-electron chi connectivity index (χ4n) is 2.56. The fourth-order valence-corrected chi connectivity index (χ4v) is 3.02. The molecule has 0 radical (unpaired) electrons. The predicted molar refractivity (Wildman–Crippen MR) is 86.6 cm³/mol. The van der Waals surface area contributed by atoms with Gasteiger partial charge in [-0.25, -0.2) is 0 Å². The van der Waals surface area contributed by atoms with Gasteiger partial charge in [0.15, 0.2) is 0 Å². The molecule has 0 spiro atoms. The zero-order valence-corrected chi connectivity index (χ0v) is 14.3. The Morgan fingerprint density at radius 2 is 2.04 bits per heavy atom. The molecular formula is C16H23NO5S. The first-order valence-electron chi connectivity index (χ1n) is 7.75. The summed E-state index contributed by atoms with van der Waals surface area (Å²) < 4.78 is 32.6. The van der Waals surface area contributed by atoms with Gasteiger partial charge in [0, 0.05) is 26.1 Å². The maximum Gasteiger partial charge on any atom is 0.306 e. The van der Waals surface area contributed by atoms with E-state index in [-0.39, 0.29) is 17.8 Å². The number of hydrogen-bond acceptors (Lipinski definition) is 5. The smallest absolute Gasteiger partial charge is 0.306 e. The minimum absolute atomic E-state index is 0.0805. The third-order valence-electron chi connectivity index (χ3n) is 3.65. The number of ether oxygens (including phenoxy) is 1. The molecule has 1 aromatic carbocycles. The van der Waals surface area contributed by atoms with E-state index in [1.54, 1.807) is 29.2 Å². The van der Waals surface area contributed by atoms with E-state index in [0.29, 0.717) is 19.5 Å². The molecule has 1 unspecified atom stereocenters. The molecule has 0 saturated carbocycles. The normalized spacial score (nSPS) is 17.9. The molecule has 1 saturated heterocycles. The first kappa shape index (κ1) is 17.7. The summed E-state index contributed by atoms with van der Waals surface area (Å²) in [6.07, 6.45) is 3.58. The standard InChI is InChI=1S/C16H23NO5S/c1-3-16(18)17(12-15-5-4-10-21-15)11-13-6-8-14(9-7-13)22-23(2,19)20/h6-9,15H,3-5,10-12H2,1-2H3. The van der Waals surface area contributed by atoms with Crippen LogP contribution in [0.15, 0.2) is 24.3 Å². The van der Waals surface area contributed by atoms with Crippen molar-refractivity contribution in [3.05, 3.63) is 29.8 Å². The number of benzene rings is 1. The Bertz CT molecular complexity index is 620. The van der Waals surface area contributed by atoms with Gasteiger partial charge in [-0.15, -0.1) is 0 Å². The zero-order valence-electron chi connectivity index (χ0n) is 13.5. The Labute approximate surface area is 137 Å². The lowest BCUT2D eigenvalue weighted by Gasteiger charge is -2.25. The van der Waals surface area contributed by atoms with E-state index in [2.05, 4.69) is 0 Å². The van der Waals surface area contributed by atoms with Crippen molar-refractivity contribution in [2.45, 2.75) is 38.8 Å². The van der Waals surface area contributed by atoms with Crippen molar-refractivity contribution < 1.29 is 22.1 Å². The number of carbonyl (C=O) groups is 1. The molecule has 0 bridgehead atoms. The monoisotopic (exact) mass is 341 g/mol. The van der Waals surface area contributed by atoms with Gasteiger partial charge in [0.05, 0.1) is 12.4 Å². The average molecular weight is 341 g/mol. The molecule has 1 aliphatic heterocycles. The average Bonchev–Trinajstić information content (AvgIpc) is 2.99. The third-order valence-corrected chi connectivity index (χ3v) is 4.14. The van der Waals surface area contributed by atoms with Gasteiger partial charge in [-0.1, -0.05) is 19.1 Å².